The Bertz CT molecular complexity index is 1010. The highest BCUT2D eigenvalue weighted by molar-refractivity contribution is 6.11. The van der Waals surface area contributed by atoms with Crippen molar-refractivity contribution >= 4 is 17.4 Å². The third-order valence-electron chi connectivity index (χ3n) is 4.83. The monoisotopic (exact) mass is 391 g/mol. The molecule has 7 heteroatoms. The Balaban J connectivity index is 1.79. The number of fused-ring (bicyclic) bond motifs is 1. The summed E-state index contributed by atoms with van der Waals surface area (Å²) in [6.45, 7) is 0. The number of nitrogens with zero attached hydrogens (tertiary/aromatic N) is 2. The van der Waals surface area contributed by atoms with E-state index < -0.39 is 6.17 Å². The highest BCUT2D eigenvalue weighted by Gasteiger charge is 2.38. The summed E-state index contributed by atoms with van der Waals surface area (Å²) >= 11 is 0. The Morgan fingerprint density at radius 1 is 0.931 bits per heavy atom. The number of hydrogen-bond acceptors (Lipinski definition) is 6. The van der Waals surface area contributed by atoms with Crippen LogP contribution in [0.5, 0.6) is 17.2 Å². The molecule has 1 amide bonds. The Kier molecular flexibility index (Phi) is 4.95. The molecule has 0 bridgehead atoms. The number of benzene rings is 2. The predicted molar refractivity (Wildman–Crippen MR) is 110 cm³/mol. The van der Waals surface area contributed by atoms with Gasteiger partial charge in [-0.15, -0.1) is 0 Å². The van der Waals surface area contributed by atoms with Gasteiger partial charge in [-0.25, -0.2) is 4.98 Å². The summed E-state index contributed by atoms with van der Waals surface area (Å²) in [4.78, 5) is 19.1. The summed E-state index contributed by atoms with van der Waals surface area (Å²) in [5.74, 6) is 2.01. The highest BCUT2D eigenvalue weighted by Crippen LogP contribution is 2.42. The van der Waals surface area contributed by atoms with Crippen molar-refractivity contribution in [1.29, 1.82) is 0 Å². The van der Waals surface area contributed by atoms with Crippen LogP contribution in [0.15, 0.2) is 60.8 Å². The smallest absolute Gasteiger partial charge is 0.261 e. The molecule has 1 atom stereocenters. The first kappa shape index (κ1) is 18.6. The van der Waals surface area contributed by atoms with Crippen molar-refractivity contribution in [1.82, 2.24) is 4.98 Å². The number of ether oxygens (including phenoxy) is 3. The second-order valence-electron chi connectivity index (χ2n) is 6.41. The van der Waals surface area contributed by atoms with Crippen molar-refractivity contribution in [3.8, 4) is 17.2 Å². The number of amides is 1. The van der Waals surface area contributed by atoms with Crippen molar-refractivity contribution in [3.63, 3.8) is 0 Å². The summed E-state index contributed by atoms with van der Waals surface area (Å²) < 4.78 is 16.3. The minimum Gasteiger partial charge on any atom is -0.493 e. The molecule has 1 N–H and O–H groups in total. The fraction of sp³-hybridized carbons (Fsp3) is 0.182. The number of anilines is 2. The van der Waals surface area contributed by atoms with Gasteiger partial charge < -0.3 is 19.5 Å². The standard InChI is InChI=1S/C22H21N3O4/c1-27-17-12-14(13-18(28-2)20(17)29-3)24-21-15-8-4-5-9-16(15)22(26)25(21)19-10-6-7-11-23-19/h4-13,21,24H,1-3H3. The maximum Gasteiger partial charge on any atom is 0.261 e. The molecule has 4 rings (SSSR count). The molecule has 2 aromatic carbocycles. The molecule has 0 radical (unpaired) electrons. The van der Waals surface area contributed by atoms with Gasteiger partial charge in [-0.1, -0.05) is 24.3 Å². The maximum absolute atomic E-state index is 13.1. The van der Waals surface area contributed by atoms with Crippen LogP contribution in [0, 0.1) is 0 Å². The number of nitrogens with one attached hydrogen (secondary N) is 1. The first-order valence-electron chi connectivity index (χ1n) is 9.08. The maximum atomic E-state index is 13.1. The van der Waals surface area contributed by atoms with Gasteiger partial charge in [0, 0.05) is 35.1 Å². The molecule has 0 fully saturated rings. The average Bonchev–Trinajstić information content (AvgIpc) is 3.05. The third-order valence-corrected chi connectivity index (χ3v) is 4.83. The third kappa shape index (κ3) is 3.20. The molecule has 0 saturated carbocycles. The van der Waals surface area contributed by atoms with Crippen molar-refractivity contribution in [2.45, 2.75) is 6.17 Å². The van der Waals surface area contributed by atoms with Gasteiger partial charge in [0.1, 0.15) is 12.0 Å². The zero-order chi connectivity index (χ0) is 20.4. The molecular weight excluding hydrogens is 370 g/mol. The Morgan fingerprint density at radius 2 is 1.62 bits per heavy atom. The SMILES string of the molecule is COc1cc(NC2c3ccccc3C(=O)N2c2ccccn2)cc(OC)c1OC. The number of hydrogen-bond donors (Lipinski definition) is 1. The molecule has 7 nitrogen and oxygen atoms in total. The van der Waals surface area contributed by atoms with E-state index in [4.69, 9.17) is 14.2 Å². The zero-order valence-electron chi connectivity index (χ0n) is 16.4. The van der Waals surface area contributed by atoms with Crippen LogP contribution in [0.25, 0.3) is 0 Å². The van der Waals surface area contributed by atoms with Crippen molar-refractivity contribution in [2.75, 3.05) is 31.5 Å². The van der Waals surface area contributed by atoms with Crippen LogP contribution in [0.2, 0.25) is 0 Å². The predicted octanol–water partition coefficient (Wildman–Crippen LogP) is 3.88. The molecule has 2 heterocycles. The van der Waals surface area contributed by atoms with E-state index in [-0.39, 0.29) is 5.91 Å². The summed E-state index contributed by atoms with van der Waals surface area (Å²) in [5.41, 5.74) is 2.23. The molecule has 1 aliphatic heterocycles. The first-order chi connectivity index (χ1) is 14.2. The van der Waals surface area contributed by atoms with Crippen LogP contribution < -0.4 is 24.4 Å². The molecular formula is C22H21N3O4. The molecule has 3 aromatic rings. The highest BCUT2D eigenvalue weighted by atomic mass is 16.5. The summed E-state index contributed by atoms with van der Waals surface area (Å²) in [6, 6.07) is 16.6. The minimum absolute atomic E-state index is 0.107. The largest absolute Gasteiger partial charge is 0.493 e. The second-order valence-corrected chi connectivity index (χ2v) is 6.41. The van der Waals surface area contributed by atoms with E-state index in [9.17, 15) is 4.79 Å². The molecule has 148 valence electrons. The van der Waals surface area contributed by atoms with Gasteiger partial charge in [-0.3, -0.25) is 9.69 Å². The van der Waals surface area contributed by atoms with Crippen molar-refractivity contribution < 1.29 is 19.0 Å². The van der Waals surface area contributed by atoms with E-state index in [1.807, 2.05) is 54.6 Å². The van der Waals surface area contributed by atoms with Gasteiger partial charge in [0.2, 0.25) is 5.75 Å². The van der Waals surface area contributed by atoms with Gasteiger partial charge in [-0.2, -0.15) is 0 Å². The Morgan fingerprint density at radius 3 is 2.24 bits per heavy atom. The van der Waals surface area contributed by atoms with Crippen LogP contribution in [0.3, 0.4) is 0 Å². The Hall–Kier alpha value is -3.74. The summed E-state index contributed by atoms with van der Waals surface area (Å²) in [6.07, 6.45) is 1.23. The van der Waals surface area contributed by atoms with E-state index in [0.29, 0.717) is 28.6 Å². The Labute approximate surface area is 168 Å². The number of carbonyl (C=O) groups excluding carboxylic acids is 1. The zero-order valence-corrected chi connectivity index (χ0v) is 16.4. The molecule has 0 saturated heterocycles. The molecule has 1 aliphatic rings. The topological polar surface area (TPSA) is 72.9 Å². The van der Waals surface area contributed by atoms with Gasteiger partial charge >= 0.3 is 0 Å². The molecule has 0 spiro atoms. The van der Waals surface area contributed by atoms with E-state index in [1.54, 1.807) is 32.4 Å². The van der Waals surface area contributed by atoms with Crippen LogP contribution in [-0.2, 0) is 0 Å². The number of aromatic nitrogens is 1. The normalized spacial score (nSPS) is 15.1. The lowest BCUT2D eigenvalue weighted by atomic mass is 10.1. The van der Waals surface area contributed by atoms with Gasteiger partial charge in [0.25, 0.3) is 5.91 Å². The van der Waals surface area contributed by atoms with E-state index >= 15 is 0 Å². The number of carbonyl (C=O) groups is 1. The van der Waals surface area contributed by atoms with Gasteiger partial charge in [-0.05, 0) is 18.2 Å². The second kappa shape index (κ2) is 7.71. The van der Waals surface area contributed by atoms with Crippen LogP contribution in [0.4, 0.5) is 11.5 Å². The lowest BCUT2D eigenvalue weighted by molar-refractivity contribution is 0.0992. The summed E-state index contributed by atoms with van der Waals surface area (Å²) in [7, 11) is 4.69. The summed E-state index contributed by atoms with van der Waals surface area (Å²) in [5, 5.41) is 3.43. The molecule has 29 heavy (non-hydrogen) atoms. The van der Waals surface area contributed by atoms with Crippen LogP contribution >= 0.6 is 0 Å². The van der Waals surface area contributed by atoms with Crippen LogP contribution in [0.1, 0.15) is 22.1 Å². The van der Waals surface area contributed by atoms with Gasteiger partial charge in [0.05, 0.1) is 21.3 Å². The van der Waals surface area contributed by atoms with E-state index in [2.05, 4.69) is 10.3 Å². The number of methoxy groups -OCH3 is 3. The number of pyridine rings is 1. The van der Waals surface area contributed by atoms with Crippen molar-refractivity contribution in [2.24, 2.45) is 0 Å². The van der Waals surface area contributed by atoms with Gasteiger partial charge in [0.15, 0.2) is 11.5 Å². The number of rotatable bonds is 6. The average molecular weight is 391 g/mol. The molecule has 1 unspecified atom stereocenters. The fourth-order valence-electron chi connectivity index (χ4n) is 3.51. The van der Waals surface area contributed by atoms with E-state index in [0.717, 1.165) is 11.3 Å². The first-order valence-corrected chi connectivity index (χ1v) is 9.08. The fourth-order valence-corrected chi connectivity index (χ4v) is 3.51. The lowest BCUT2D eigenvalue weighted by Gasteiger charge is -2.26. The van der Waals surface area contributed by atoms with E-state index in [1.165, 1.54) is 0 Å². The minimum atomic E-state index is -0.434. The molecule has 1 aromatic heterocycles. The van der Waals surface area contributed by atoms with Crippen molar-refractivity contribution in [3.05, 3.63) is 71.9 Å². The quantitative estimate of drug-likeness (QED) is 0.688. The molecule has 0 aliphatic carbocycles. The lowest BCUT2D eigenvalue weighted by Crippen LogP contribution is -2.32. The van der Waals surface area contributed by atoms with Crippen LogP contribution in [-0.4, -0.2) is 32.2 Å².